The standard InChI is InChI=1S/C23H20FN5O2/c1-31-16-6-7-19-15(11-16)12-18(24)22(28-19)29-23(30)17-4-2-3-5-20(17)27-13-14-8-9-26-21(25)10-14/h2-12,27H,13H2,1H3,(H2,25,26)(H,28,29,30). The molecule has 0 aliphatic carbocycles. The number of nitrogens with two attached hydrogens (primary N) is 1. The lowest BCUT2D eigenvalue weighted by atomic mass is 10.1. The molecule has 0 atom stereocenters. The van der Waals surface area contributed by atoms with Crippen molar-refractivity contribution in [3.8, 4) is 5.75 Å². The van der Waals surface area contributed by atoms with Gasteiger partial charge >= 0.3 is 0 Å². The van der Waals surface area contributed by atoms with Gasteiger partial charge in [-0.05, 0) is 54.1 Å². The Morgan fingerprint density at radius 2 is 1.97 bits per heavy atom. The van der Waals surface area contributed by atoms with Crippen LogP contribution in [0.5, 0.6) is 5.75 Å². The molecule has 0 bridgehead atoms. The van der Waals surface area contributed by atoms with Crippen LogP contribution >= 0.6 is 0 Å². The Morgan fingerprint density at radius 3 is 2.77 bits per heavy atom. The molecule has 31 heavy (non-hydrogen) atoms. The van der Waals surface area contributed by atoms with Crippen LogP contribution in [0.25, 0.3) is 10.9 Å². The van der Waals surface area contributed by atoms with Crippen molar-refractivity contribution in [2.75, 3.05) is 23.5 Å². The largest absolute Gasteiger partial charge is 0.497 e. The molecule has 7 nitrogen and oxygen atoms in total. The number of halogens is 1. The van der Waals surface area contributed by atoms with Gasteiger partial charge in [0.2, 0.25) is 0 Å². The zero-order chi connectivity index (χ0) is 21.8. The highest BCUT2D eigenvalue weighted by atomic mass is 19.1. The number of methoxy groups -OCH3 is 1. The molecule has 4 aromatic rings. The van der Waals surface area contributed by atoms with E-state index in [1.165, 1.54) is 13.2 Å². The lowest BCUT2D eigenvalue weighted by Gasteiger charge is -2.13. The lowest BCUT2D eigenvalue weighted by Crippen LogP contribution is -2.16. The molecule has 4 N–H and O–H groups in total. The second-order valence-corrected chi connectivity index (χ2v) is 6.82. The highest BCUT2D eigenvalue weighted by Crippen LogP contribution is 2.25. The fraction of sp³-hybridized carbons (Fsp3) is 0.0870. The third-order valence-electron chi connectivity index (χ3n) is 4.71. The summed E-state index contributed by atoms with van der Waals surface area (Å²) in [5.41, 5.74) is 8.13. The van der Waals surface area contributed by atoms with Gasteiger partial charge in [-0.25, -0.2) is 14.4 Å². The number of aromatic nitrogens is 2. The molecule has 0 aliphatic heterocycles. The number of amides is 1. The number of nitrogens with zero attached hydrogens (tertiary/aromatic N) is 2. The van der Waals surface area contributed by atoms with Crippen molar-refractivity contribution < 1.29 is 13.9 Å². The molecule has 2 aromatic heterocycles. The Kier molecular flexibility index (Phi) is 5.61. The first-order valence-electron chi connectivity index (χ1n) is 9.52. The summed E-state index contributed by atoms with van der Waals surface area (Å²) in [5, 5.41) is 6.35. The summed E-state index contributed by atoms with van der Waals surface area (Å²) in [5.74, 6) is -0.231. The topological polar surface area (TPSA) is 102 Å². The Balaban J connectivity index is 1.55. The predicted octanol–water partition coefficient (Wildman–Crippen LogP) is 4.22. The third-order valence-corrected chi connectivity index (χ3v) is 4.71. The number of hydrogen-bond acceptors (Lipinski definition) is 6. The molecule has 1 amide bonds. The first-order valence-corrected chi connectivity index (χ1v) is 9.52. The van der Waals surface area contributed by atoms with Crippen molar-refractivity contribution in [3.05, 3.63) is 83.8 Å². The number of carbonyl (C=O) groups excluding carboxylic acids is 1. The van der Waals surface area contributed by atoms with E-state index in [9.17, 15) is 9.18 Å². The first kappa shape index (κ1) is 20.1. The lowest BCUT2D eigenvalue weighted by molar-refractivity contribution is 0.102. The van der Waals surface area contributed by atoms with Gasteiger partial charge in [0.25, 0.3) is 5.91 Å². The van der Waals surface area contributed by atoms with Crippen molar-refractivity contribution in [1.29, 1.82) is 0 Å². The molecular formula is C23H20FN5O2. The van der Waals surface area contributed by atoms with Crippen molar-refractivity contribution in [2.45, 2.75) is 6.54 Å². The molecule has 0 fully saturated rings. The van der Waals surface area contributed by atoms with E-state index < -0.39 is 11.7 Å². The zero-order valence-corrected chi connectivity index (χ0v) is 16.7. The highest BCUT2D eigenvalue weighted by molar-refractivity contribution is 6.08. The quantitative estimate of drug-likeness (QED) is 0.434. The first-order chi connectivity index (χ1) is 15.0. The van der Waals surface area contributed by atoms with E-state index >= 15 is 0 Å². The number of fused-ring (bicyclic) bond motifs is 1. The maximum absolute atomic E-state index is 14.6. The molecule has 2 heterocycles. The second kappa shape index (κ2) is 8.66. The molecule has 0 saturated heterocycles. The van der Waals surface area contributed by atoms with Crippen LogP contribution in [-0.4, -0.2) is 23.0 Å². The summed E-state index contributed by atoms with van der Waals surface area (Å²) < 4.78 is 19.7. The van der Waals surface area contributed by atoms with Crippen LogP contribution in [0.3, 0.4) is 0 Å². The average molecular weight is 417 g/mol. The Morgan fingerprint density at radius 1 is 1.13 bits per heavy atom. The van der Waals surface area contributed by atoms with E-state index in [0.717, 1.165) is 5.56 Å². The monoisotopic (exact) mass is 417 g/mol. The van der Waals surface area contributed by atoms with Gasteiger partial charge in [-0.15, -0.1) is 0 Å². The minimum atomic E-state index is -0.633. The van der Waals surface area contributed by atoms with Crippen molar-refractivity contribution in [1.82, 2.24) is 9.97 Å². The average Bonchev–Trinajstić information content (AvgIpc) is 2.78. The molecule has 0 aliphatic rings. The molecular weight excluding hydrogens is 397 g/mol. The minimum Gasteiger partial charge on any atom is -0.497 e. The van der Waals surface area contributed by atoms with Gasteiger partial charge in [-0.3, -0.25) is 4.79 Å². The normalized spacial score (nSPS) is 10.6. The maximum atomic E-state index is 14.6. The van der Waals surface area contributed by atoms with Crippen molar-refractivity contribution in [2.24, 2.45) is 0 Å². The fourth-order valence-corrected chi connectivity index (χ4v) is 3.16. The van der Waals surface area contributed by atoms with Crippen molar-refractivity contribution >= 4 is 34.1 Å². The summed E-state index contributed by atoms with van der Waals surface area (Å²) in [6.45, 7) is 0.446. The van der Waals surface area contributed by atoms with Gasteiger partial charge in [0, 0.05) is 23.8 Å². The Labute approximate surface area is 178 Å². The second-order valence-electron chi connectivity index (χ2n) is 6.82. The van der Waals surface area contributed by atoms with Gasteiger partial charge in [0.05, 0.1) is 18.2 Å². The minimum absolute atomic E-state index is 0.139. The highest BCUT2D eigenvalue weighted by Gasteiger charge is 2.15. The molecule has 2 aromatic carbocycles. The van der Waals surface area contributed by atoms with Crippen LogP contribution < -0.4 is 21.1 Å². The Bertz CT molecular complexity index is 1260. The number of benzene rings is 2. The smallest absolute Gasteiger partial charge is 0.258 e. The maximum Gasteiger partial charge on any atom is 0.258 e. The number of hydrogen-bond donors (Lipinski definition) is 3. The number of nitrogens with one attached hydrogen (secondary N) is 2. The van der Waals surface area contributed by atoms with Gasteiger partial charge in [-0.2, -0.15) is 0 Å². The SMILES string of the molecule is COc1ccc2nc(NC(=O)c3ccccc3NCc3ccnc(N)c3)c(F)cc2c1. The summed E-state index contributed by atoms with van der Waals surface area (Å²) in [4.78, 5) is 21.1. The van der Waals surface area contributed by atoms with Crippen LogP contribution in [0.15, 0.2) is 66.9 Å². The van der Waals surface area contributed by atoms with Gasteiger partial charge in [-0.1, -0.05) is 12.1 Å². The molecule has 0 radical (unpaired) electrons. The Hall–Kier alpha value is -4.20. The van der Waals surface area contributed by atoms with E-state index in [2.05, 4.69) is 20.6 Å². The van der Waals surface area contributed by atoms with E-state index in [1.807, 2.05) is 12.1 Å². The number of ether oxygens (including phenoxy) is 1. The van der Waals surface area contributed by atoms with E-state index in [4.69, 9.17) is 10.5 Å². The number of nitrogen functional groups attached to an aromatic ring is 1. The number of para-hydroxylation sites is 1. The van der Waals surface area contributed by atoms with Crippen LogP contribution in [0.4, 0.5) is 21.7 Å². The molecule has 8 heteroatoms. The predicted molar refractivity (Wildman–Crippen MR) is 119 cm³/mol. The summed E-state index contributed by atoms with van der Waals surface area (Å²) in [7, 11) is 1.54. The van der Waals surface area contributed by atoms with E-state index in [0.29, 0.717) is 40.3 Å². The molecule has 0 spiro atoms. The summed E-state index contributed by atoms with van der Waals surface area (Å²) in [6.07, 6.45) is 1.62. The van der Waals surface area contributed by atoms with Gasteiger partial charge in [0.15, 0.2) is 11.6 Å². The summed E-state index contributed by atoms with van der Waals surface area (Å²) in [6, 6.07) is 17.0. The van der Waals surface area contributed by atoms with Crippen LogP contribution in [-0.2, 0) is 6.54 Å². The van der Waals surface area contributed by atoms with Crippen LogP contribution in [0, 0.1) is 5.82 Å². The van der Waals surface area contributed by atoms with Crippen LogP contribution in [0.2, 0.25) is 0 Å². The van der Waals surface area contributed by atoms with Crippen molar-refractivity contribution in [3.63, 3.8) is 0 Å². The molecule has 156 valence electrons. The van der Waals surface area contributed by atoms with E-state index in [-0.39, 0.29) is 5.82 Å². The molecule has 0 saturated carbocycles. The van der Waals surface area contributed by atoms with Crippen LogP contribution in [0.1, 0.15) is 15.9 Å². The molecule has 0 unspecified atom stereocenters. The molecule has 4 rings (SSSR count). The van der Waals surface area contributed by atoms with Gasteiger partial charge < -0.3 is 21.1 Å². The fourth-order valence-electron chi connectivity index (χ4n) is 3.16. The van der Waals surface area contributed by atoms with Gasteiger partial charge in [0.1, 0.15) is 11.6 Å². The van der Waals surface area contributed by atoms with E-state index in [1.54, 1.807) is 48.7 Å². The number of anilines is 3. The number of rotatable bonds is 6. The summed E-state index contributed by atoms with van der Waals surface area (Å²) >= 11 is 0. The number of carbonyl (C=O) groups is 1. The number of pyridine rings is 2. The zero-order valence-electron chi connectivity index (χ0n) is 16.7. The third kappa shape index (κ3) is 4.53.